The molecule has 2 rings (SSSR count). The molecule has 3 nitrogen and oxygen atoms in total. The van der Waals surface area contributed by atoms with Crippen molar-refractivity contribution in [1.29, 1.82) is 0 Å². The van der Waals surface area contributed by atoms with E-state index in [0.29, 0.717) is 12.1 Å². The van der Waals surface area contributed by atoms with E-state index in [1.807, 2.05) is 17.5 Å². The molecule has 96 valence electrons. The molecule has 0 aliphatic heterocycles. The average molecular weight is 253 g/mol. The second-order valence-corrected chi connectivity index (χ2v) is 6.13. The van der Waals surface area contributed by atoms with E-state index in [-0.39, 0.29) is 0 Å². The van der Waals surface area contributed by atoms with Gasteiger partial charge in [0.1, 0.15) is 5.01 Å². The number of rotatable bonds is 7. The lowest BCUT2D eigenvalue weighted by Gasteiger charge is -2.14. The molecule has 1 aliphatic carbocycles. The molecule has 2 atom stereocenters. The van der Waals surface area contributed by atoms with Crippen molar-refractivity contribution in [2.45, 2.75) is 51.6 Å². The smallest absolute Gasteiger partial charge is 0.109 e. The van der Waals surface area contributed by atoms with E-state index in [9.17, 15) is 0 Å². The van der Waals surface area contributed by atoms with Gasteiger partial charge >= 0.3 is 0 Å². The molecule has 1 fully saturated rings. The molecule has 0 spiro atoms. The minimum atomic E-state index is 0.353. The van der Waals surface area contributed by atoms with Crippen LogP contribution in [0, 0.1) is 5.92 Å². The fourth-order valence-electron chi connectivity index (χ4n) is 2.00. The summed E-state index contributed by atoms with van der Waals surface area (Å²) in [5, 5.41) is 4.71. The Labute approximate surface area is 108 Å². The Balaban J connectivity index is 1.70. The van der Waals surface area contributed by atoms with Crippen LogP contribution >= 0.6 is 11.3 Å². The van der Waals surface area contributed by atoms with Crippen molar-refractivity contribution in [2.75, 3.05) is 6.54 Å². The van der Waals surface area contributed by atoms with Gasteiger partial charge in [-0.3, -0.25) is 0 Å². The van der Waals surface area contributed by atoms with Gasteiger partial charge in [-0.2, -0.15) is 0 Å². The van der Waals surface area contributed by atoms with Gasteiger partial charge in [0, 0.05) is 17.1 Å². The van der Waals surface area contributed by atoms with E-state index in [4.69, 9.17) is 5.73 Å². The maximum Gasteiger partial charge on any atom is 0.109 e. The van der Waals surface area contributed by atoms with Crippen molar-refractivity contribution in [3.05, 3.63) is 16.1 Å². The quantitative estimate of drug-likeness (QED) is 0.785. The zero-order chi connectivity index (χ0) is 12.3. The van der Waals surface area contributed by atoms with Gasteiger partial charge < -0.3 is 11.1 Å². The Bertz CT molecular complexity index is 346. The molecule has 0 amide bonds. The standard InChI is InChI=1S/C13H23N3S/c1-3-11-8-16-13(17-11)9(2)15-7-6-12(14)10-4-5-10/h8-10,12,15H,3-7,14H2,1-2H3. The van der Waals surface area contributed by atoms with Crippen LogP contribution in [-0.4, -0.2) is 17.6 Å². The van der Waals surface area contributed by atoms with Gasteiger partial charge in [0.25, 0.3) is 0 Å². The minimum Gasteiger partial charge on any atom is -0.327 e. The summed E-state index contributed by atoms with van der Waals surface area (Å²) >= 11 is 1.81. The molecule has 4 heteroatoms. The third-order valence-electron chi connectivity index (χ3n) is 3.45. The first-order valence-electron chi connectivity index (χ1n) is 6.64. The first-order chi connectivity index (χ1) is 8.20. The highest BCUT2D eigenvalue weighted by atomic mass is 32.1. The van der Waals surface area contributed by atoms with Gasteiger partial charge in [0.2, 0.25) is 0 Å². The van der Waals surface area contributed by atoms with Crippen molar-refractivity contribution in [1.82, 2.24) is 10.3 Å². The summed E-state index contributed by atoms with van der Waals surface area (Å²) in [5.41, 5.74) is 6.08. The van der Waals surface area contributed by atoms with Crippen LogP contribution in [0.5, 0.6) is 0 Å². The Morgan fingerprint density at radius 2 is 2.35 bits per heavy atom. The maximum absolute atomic E-state index is 6.08. The zero-order valence-corrected chi connectivity index (χ0v) is 11.6. The van der Waals surface area contributed by atoms with Crippen LogP contribution in [0.3, 0.4) is 0 Å². The van der Waals surface area contributed by atoms with Crippen LogP contribution in [0.4, 0.5) is 0 Å². The molecule has 0 radical (unpaired) electrons. The van der Waals surface area contributed by atoms with E-state index >= 15 is 0 Å². The van der Waals surface area contributed by atoms with Gasteiger partial charge in [-0.05, 0) is 45.1 Å². The summed E-state index contributed by atoms with van der Waals surface area (Å²) in [7, 11) is 0. The second-order valence-electron chi connectivity index (χ2n) is 4.98. The molecular weight excluding hydrogens is 230 g/mol. The van der Waals surface area contributed by atoms with Gasteiger partial charge in [0.15, 0.2) is 0 Å². The molecule has 1 saturated carbocycles. The highest BCUT2D eigenvalue weighted by Gasteiger charge is 2.27. The number of hydrogen-bond donors (Lipinski definition) is 2. The first-order valence-corrected chi connectivity index (χ1v) is 7.46. The summed E-state index contributed by atoms with van der Waals surface area (Å²) in [6, 6.07) is 0.754. The number of thiazole rings is 1. The van der Waals surface area contributed by atoms with Gasteiger partial charge in [-0.1, -0.05) is 6.92 Å². The molecule has 0 aromatic carbocycles. The van der Waals surface area contributed by atoms with Crippen LogP contribution in [0.2, 0.25) is 0 Å². The molecule has 1 aliphatic rings. The SMILES string of the molecule is CCc1cnc(C(C)NCCC(N)C2CC2)s1. The lowest BCUT2D eigenvalue weighted by molar-refractivity contribution is 0.486. The summed E-state index contributed by atoms with van der Waals surface area (Å²) in [6.07, 6.45) is 6.83. The summed E-state index contributed by atoms with van der Waals surface area (Å²) < 4.78 is 0. The lowest BCUT2D eigenvalue weighted by atomic mass is 10.1. The lowest BCUT2D eigenvalue weighted by Crippen LogP contribution is -2.29. The predicted octanol–water partition coefficient (Wildman–Crippen LogP) is 2.48. The van der Waals surface area contributed by atoms with Crippen molar-refractivity contribution in [2.24, 2.45) is 11.7 Å². The number of nitrogens with one attached hydrogen (secondary N) is 1. The van der Waals surface area contributed by atoms with Crippen LogP contribution in [0.1, 0.15) is 49.0 Å². The summed E-state index contributed by atoms with van der Waals surface area (Å²) in [4.78, 5) is 5.82. The van der Waals surface area contributed by atoms with Gasteiger partial charge in [-0.25, -0.2) is 4.98 Å². The van der Waals surface area contributed by atoms with E-state index in [1.54, 1.807) is 0 Å². The largest absolute Gasteiger partial charge is 0.327 e. The number of nitrogens with zero attached hydrogens (tertiary/aromatic N) is 1. The molecule has 17 heavy (non-hydrogen) atoms. The van der Waals surface area contributed by atoms with Crippen molar-refractivity contribution >= 4 is 11.3 Å². The summed E-state index contributed by atoms with van der Waals surface area (Å²) in [5.74, 6) is 0.804. The Morgan fingerprint density at radius 3 is 2.94 bits per heavy atom. The third kappa shape index (κ3) is 3.76. The van der Waals surface area contributed by atoms with Crippen LogP contribution in [0.15, 0.2) is 6.20 Å². The van der Waals surface area contributed by atoms with Crippen molar-refractivity contribution < 1.29 is 0 Å². The normalized spacial score (nSPS) is 19.2. The van der Waals surface area contributed by atoms with Crippen LogP contribution in [-0.2, 0) is 6.42 Å². The van der Waals surface area contributed by atoms with Crippen molar-refractivity contribution in [3.63, 3.8) is 0 Å². The minimum absolute atomic E-state index is 0.353. The van der Waals surface area contributed by atoms with E-state index in [2.05, 4.69) is 24.1 Å². The van der Waals surface area contributed by atoms with E-state index in [0.717, 1.165) is 25.3 Å². The van der Waals surface area contributed by atoms with Gasteiger partial charge in [-0.15, -0.1) is 11.3 Å². The first kappa shape index (κ1) is 13.0. The van der Waals surface area contributed by atoms with Crippen molar-refractivity contribution in [3.8, 4) is 0 Å². The Kier molecular flexibility index (Phi) is 4.54. The Morgan fingerprint density at radius 1 is 1.59 bits per heavy atom. The highest BCUT2D eigenvalue weighted by Crippen LogP contribution is 2.32. The molecule has 1 heterocycles. The summed E-state index contributed by atoms with van der Waals surface area (Å²) in [6.45, 7) is 5.35. The predicted molar refractivity (Wildman–Crippen MR) is 73.2 cm³/mol. The molecule has 0 bridgehead atoms. The number of hydrogen-bond acceptors (Lipinski definition) is 4. The average Bonchev–Trinajstić information content (AvgIpc) is 3.06. The number of aryl methyl sites for hydroxylation is 1. The zero-order valence-electron chi connectivity index (χ0n) is 10.8. The third-order valence-corrected chi connectivity index (χ3v) is 4.77. The highest BCUT2D eigenvalue weighted by molar-refractivity contribution is 7.11. The Hall–Kier alpha value is -0.450. The molecule has 2 unspecified atom stereocenters. The topological polar surface area (TPSA) is 50.9 Å². The fraction of sp³-hybridized carbons (Fsp3) is 0.769. The van der Waals surface area contributed by atoms with E-state index < -0.39 is 0 Å². The van der Waals surface area contributed by atoms with Crippen LogP contribution < -0.4 is 11.1 Å². The molecular formula is C13H23N3S. The maximum atomic E-state index is 6.08. The monoisotopic (exact) mass is 253 g/mol. The van der Waals surface area contributed by atoms with E-state index in [1.165, 1.54) is 22.7 Å². The van der Waals surface area contributed by atoms with Crippen LogP contribution in [0.25, 0.3) is 0 Å². The molecule has 1 aromatic heterocycles. The van der Waals surface area contributed by atoms with Gasteiger partial charge in [0.05, 0.1) is 6.04 Å². The number of aromatic nitrogens is 1. The fourth-order valence-corrected chi connectivity index (χ4v) is 2.88. The number of nitrogens with two attached hydrogens (primary N) is 1. The molecule has 3 N–H and O–H groups in total. The molecule has 0 saturated heterocycles. The molecule has 1 aromatic rings. The second kappa shape index (κ2) is 5.94.